The van der Waals surface area contributed by atoms with Crippen LogP contribution in [0.5, 0.6) is 0 Å². The number of aliphatic hydroxyl groups excluding tert-OH is 2. The second kappa shape index (κ2) is 20.1. The van der Waals surface area contributed by atoms with E-state index in [0.717, 1.165) is 18.4 Å². The number of allylic oxidation sites excluding steroid dienone is 2. The topological polar surface area (TPSA) is 158 Å². The molecule has 0 aromatic heterocycles. The first-order chi connectivity index (χ1) is 19.8. The third-order valence-electron chi connectivity index (χ3n) is 6.96. The molecular formula is C30H46N2O9. The summed E-state index contributed by atoms with van der Waals surface area (Å²) in [7, 11) is 0. The van der Waals surface area contributed by atoms with E-state index in [-0.39, 0.29) is 42.8 Å². The molecule has 41 heavy (non-hydrogen) atoms. The molecule has 1 amide bonds. The Bertz CT molecular complexity index is 926. The van der Waals surface area contributed by atoms with E-state index in [0.29, 0.717) is 45.1 Å². The van der Waals surface area contributed by atoms with Gasteiger partial charge in [-0.25, -0.2) is 4.79 Å². The van der Waals surface area contributed by atoms with Gasteiger partial charge in [-0.05, 0) is 63.4 Å². The molecule has 0 aliphatic heterocycles. The fourth-order valence-electron chi connectivity index (χ4n) is 4.82. The SMILES string of the molecule is CCNC(=O)CCC/C=C\C[C@@H]1[C@@H](/C=C/[C@@H](O)CCc2ccccc2)[C@H](OC(=O)OCCCCON(O)O)C[C@@H]1O. The molecule has 0 spiro atoms. The Morgan fingerprint density at radius 2 is 1.88 bits per heavy atom. The van der Waals surface area contributed by atoms with E-state index < -0.39 is 24.5 Å². The first-order valence-corrected chi connectivity index (χ1v) is 14.4. The molecular weight excluding hydrogens is 532 g/mol. The Hall–Kier alpha value is -2.80. The Labute approximate surface area is 242 Å². The summed E-state index contributed by atoms with van der Waals surface area (Å²) in [6, 6.07) is 9.89. The monoisotopic (exact) mass is 578 g/mol. The smallest absolute Gasteiger partial charge is 0.434 e. The number of rotatable bonds is 19. The maximum absolute atomic E-state index is 12.4. The van der Waals surface area contributed by atoms with Gasteiger partial charge in [0, 0.05) is 25.3 Å². The van der Waals surface area contributed by atoms with Crippen molar-refractivity contribution in [2.45, 2.75) is 83.0 Å². The van der Waals surface area contributed by atoms with Crippen LogP contribution in [0.4, 0.5) is 4.79 Å². The van der Waals surface area contributed by atoms with E-state index in [1.54, 1.807) is 6.08 Å². The summed E-state index contributed by atoms with van der Waals surface area (Å²) < 4.78 is 10.7. The third kappa shape index (κ3) is 14.6. The lowest BCUT2D eigenvalue weighted by Gasteiger charge is -2.22. The molecule has 1 saturated carbocycles. The van der Waals surface area contributed by atoms with Crippen LogP contribution in [0.2, 0.25) is 0 Å². The van der Waals surface area contributed by atoms with Crippen LogP contribution >= 0.6 is 0 Å². The summed E-state index contributed by atoms with van der Waals surface area (Å²) in [6.07, 6.45) is 9.51. The minimum absolute atomic E-state index is 0.0327. The number of aryl methyl sites for hydroxylation is 1. The van der Waals surface area contributed by atoms with Crippen molar-refractivity contribution >= 4 is 12.1 Å². The van der Waals surface area contributed by atoms with Crippen molar-refractivity contribution in [1.82, 2.24) is 10.7 Å². The summed E-state index contributed by atoms with van der Waals surface area (Å²) in [6.45, 7) is 2.61. The van der Waals surface area contributed by atoms with Crippen molar-refractivity contribution in [2.75, 3.05) is 19.8 Å². The van der Waals surface area contributed by atoms with Gasteiger partial charge in [-0.15, -0.1) is 0 Å². The largest absolute Gasteiger partial charge is 0.508 e. The zero-order valence-corrected chi connectivity index (χ0v) is 23.8. The van der Waals surface area contributed by atoms with E-state index in [4.69, 9.17) is 19.9 Å². The highest BCUT2D eigenvalue weighted by molar-refractivity contribution is 5.75. The second-order valence-electron chi connectivity index (χ2n) is 10.1. The van der Waals surface area contributed by atoms with Crippen LogP contribution in [0.25, 0.3) is 0 Å². The highest BCUT2D eigenvalue weighted by Gasteiger charge is 2.43. The predicted molar refractivity (Wildman–Crippen MR) is 151 cm³/mol. The van der Waals surface area contributed by atoms with E-state index >= 15 is 0 Å². The fraction of sp³-hybridized carbons (Fsp3) is 0.600. The second-order valence-corrected chi connectivity index (χ2v) is 10.1. The van der Waals surface area contributed by atoms with Gasteiger partial charge in [0.05, 0.1) is 30.8 Å². The molecule has 1 aromatic rings. The molecule has 0 saturated heterocycles. The molecule has 5 N–H and O–H groups in total. The van der Waals surface area contributed by atoms with Gasteiger partial charge in [-0.3, -0.25) is 20.0 Å². The normalized spacial score (nSPS) is 21.5. The Morgan fingerprint density at radius 1 is 1.12 bits per heavy atom. The van der Waals surface area contributed by atoms with Gasteiger partial charge in [0.2, 0.25) is 5.91 Å². The van der Waals surface area contributed by atoms with E-state index in [9.17, 15) is 19.8 Å². The molecule has 11 heteroatoms. The van der Waals surface area contributed by atoms with Crippen LogP contribution in [0.15, 0.2) is 54.6 Å². The highest BCUT2D eigenvalue weighted by Crippen LogP contribution is 2.38. The molecule has 230 valence electrons. The van der Waals surface area contributed by atoms with Crippen LogP contribution in [0.3, 0.4) is 0 Å². The number of hydrogen-bond donors (Lipinski definition) is 5. The summed E-state index contributed by atoms with van der Waals surface area (Å²) in [5, 5.41) is 40.9. The van der Waals surface area contributed by atoms with Crippen molar-refractivity contribution in [1.29, 1.82) is 0 Å². The molecule has 1 aliphatic rings. The number of ether oxygens (including phenoxy) is 2. The lowest BCUT2D eigenvalue weighted by Crippen LogP contribution is -2.25. The summed E-state index contributed by atoms with van der Waals surface area (Å²) in [5.74, 6) is -0.509. The molecule has 1 aromatic carbocycles. The molecule has 0 bridgehead atoms. The lowest BCUT2D eigenvalue weighted by molar-refractivity contribution is -0.492. The van der Waals surface area contributed by atoms with E-state index in [2.05, 4.69) is 10.2 Å². The van der Waals surface area contributed by atoms with Gasteiger partial charge in [-0.1, -0.05) is 54.6 Å². The number of carbonyl (C=O) groups is 2. The van der Waals surface area contributed by atoms with Gasteiger partial charge in [0.1, 0.15) is 6.10 Å². The lowest BCUT2D eigenvalue weighted by atomic mass is 9.89. The van der Waals surface area contributed by atoms with Crippen LogP contribution in [0.1, 0.15) is 63.9 Å². The summed E-state index contributed by atoms with van der Waals surface area (Å²) in [4.78, 5) is 28.4. The van der Waals surface area contributed by atoms with Crippen molar-refractivity contribution in [3.8, 4) is 0 Å². The number of benzene rings is 1. The highest BCUT2D eigenvalue weighted by atomic mass is 17.1. The van der Waals surface area contributed by atoms with Gasteiger partial charge < -0.3 is 25.0 Å². The molecule has 0 unspecified atom stereocenters. The van der Waals surface area contributed by atoms with Gasteiger partial charge >= 0.3 is 6.16 Å². The zero-order chi connectivity index (χ0) is 29.9. The third-order valence-corrected chi connectivity index (χ3v) is 6.96. The molecule has 0 radical (unpaired) electrons. The molecule has 1 aliphatic carbocycles. The molecule has 1 fully saturated rings. The average molecular weight is 579 g/mol. The van der Waals surface area contributed by atoms with E-state index in [1.165, 1.54) is 0 Å². The Morgan fingerprint density at radius 3 is 2.61 bits per heavy atom. The molecule has 0 heterocycles. The van der Waals surface area contributed by atoms with Crippen LogP contribution in [-0.4, -0.2) is 76.2 Å². The number of aliphatic hydroxyl groups is 2. The number of unbranched alkanes of at least 4 members (excludes halogenated alkanes) is 2. The van der Waals surface area contributed by atoms with Gasteiger partial charge in [-0.2, -0.15) is 0 Å². The predicted octanol–water partition coefficient (Wildman–Crippen LogP) is 4.10. The summed E-state index contributed by atoms with van der Waals surface area (Å²) in [5.41, 5.74) is 1.13. The van der Waals surface area contributed by atoms with Crippen molar-refractivity contribution in [3.05, 3.63) is 60.2 Å². The standard InChI is InChI=1S/C30H46N2O9/c1-2-31-29(35)15-9-4-3-8-14-25-26(19-18-24(33)17-16-23-12-6-5-7-13-23)28(22-27(25)34)41-30(36)39-20-10-11-21-40-32(37)38/h3,5-8,12-13,18-19,24-28,33-34,37-38H,2,4,9-11,14-17,20-22H2,1H3,(H,31,35)/b8-3-,19-18+/t24-,25+,26+,27-,28+/m0/s1. The van der Waals surface area contributed by atoms with Crippen molar-refractivity contribution < 1.29 is 44.5 Å². The van der Waals surface area contributed by atoms with Gasteiger partial charge in [0.15, 0.2) is 0 Å². The number of nitrogens with zero attached hydrogens (tertiary/aromatic N) is 1. The zero-order valence-electron chi connectivity index (χ0n) is 23.8. The first kappa shape index (κ1) is 34.4. The van der Waals surface area contributed by atoms with Crippen molar-refractivity contribution in [3.63, 3.8) is 0 Å². The maximum atomic E-state index is 12.4. The molecule has 5 atom stereocenters. The maximum Gasteiger partial charge on any atom is 0.508 e. The number of hydrogen-bond acceptors (Lipinski definition) is 10. The van der Waals surface area contributed by atoms with E-state index in [1.807, 2.05) is 55.5 Å². The van der Waals surface area contributed by atoms with Gasteiger partial charge in [0.25, 0.3) is 0 Å². The van der Waals surface area contributed by atoms with Crippen LogP contribution < -0.4 is 5.32 Å². The quantitative estimate of drug-likeness (QED) is 0.0700. The molecule has 2 rings (SSSR count). The number of nitrogens with one attached hydrogen (secondary N) is 1. The molecule has 11 nitrogen and oxygen atoms in total. The van der Waals surface area contributed by atoms with Crippen LogP contribution in [-0.2, 0) is 25.5 Å². The van der Waals surface area contributed by atoms with Crippen LogP contribution in [0, 0.1) is 11.8 Å². The first-order valence-electron chi connectivity index (χ1n) is 14.4. The average Bonchev–Trinajstić information content (AvgIpc) is 3.23. The Balaban J connectivity index is 1.93. The summed E-state index contributed by atoms with van der Waals surface area (Å²) >= 11 is 0. The van der Waals surface area contributed by atoms with Crippen molar-refractivity contribution in [2.24, 2.45) is 11.8 Å². The minimum atomic E-state index is -0.848. The Kier molecular flexibility index (Phi) is 16.9. The number of carbonyl (C=O) groups excluding carboxylic acids is 2. The fourth-order valence-corrected chi connectivity index (χ4v) is 4.82. The minimum Gasteiger partial charge on any atom is -0.434 e. The number of amides is 1.